The molecule has 0 aliphatic rings. The van der Waals surface area contributed by atoms with Crippen molar-refractivity contribution in [1.82, 2.24) is 0 Å². The van der Waals surface area contributed by atoms with Gasteiger partial charge in [-0.3, -0.25) is 4.79 Å². The van der Waals surface area contributed by atoms with Crippen LogP contribution >= 0.6 is 0 Å². The van der Waals surface area contributed by atoms with Gasteiger partial charge in [0.05, 0.1) is 19.8 Å². The predicted octanol–water partition coefficient (Wildman–Crippen LogP) is 3.91. The molecule has 0 amide bonds. The Morgan fingerprint density at radius 2 is 1.77 bits per heavy atom. The predicted molar refractivity (Wildman–Crippen MR) is 100 cm³/mol. The monoisotopic (exact) mass is 362 g/mol. The van der Waals surface area contributed by atoms with E-state index in [9.17, 15) is 9.59 Å². The highest BCUT2D eigenvalue weighted by Crippen LogP contribution is 2.32. The molecular weight excluding hydrogens is 332 g/mol. The Balaban J connectivity index is 2.97. The lowest BCUT2D eigenvalue weighted by atomic mass is 9.79. The molecule has 0 N–H and O–H groups in total. The fourth-order valence-electron chi connectivity index (χ4n) is 2.88. The van der Waals surface area contributed by atoms with Crippen LogP contribution in [0.3, 0.4) is 0 Å². The lowest BCUT2D eigenvalue weighted by Crippen LogP contribution is -2.41. The molecule has 144 valence electrons. The molecule has 0 spiro atoms. The number of rotatable bonds is 8. The average Bonchev–Trinajstić information content (AvgIpc) is 2.57. The minimum absolute atomic E-state index is 0.163. The van der Waals surface area contributed by atoms with Crippen molar-refractivity contribution in [3.63, 3.8) is 0 Å². The van der Waals surface area contributed by atoms with Crippen LogP contribution in [0.4, 0.5) is 0 Å². The summed E-state index contributed by atoms with van der Waals surface area (Å²) in [7, 11) is 1.30. The molecule has 0 aromatic heterocycles. The number of hydrogen-bond acceptors (Lipinski definition) is 5. The third-order valence-electron chi connectivity index (χ3n) is 4.05. The van der Waals surface area contributed by atoms with Gasteiger partial charge in [-0.1, -0.05) is 58.0 Å². The van der Waals surface area contributed by atoms with E-state index in [4.69, 9.17) is 9.47 Å². The molecule has 1 rings (SSSR count). The van der Waals surface area contributed by atoms with Crippen LogP contribution in [-0.2, 0) is 30.4 Å². The van der Waals surface area contributed by atoms with E-state index in [2.05, 4.69) is 25.5 Å². The topological polar surface area (TPSA) is 61.8 Å². The summed E-state index contributed by atoms with van der Waals surface area (Å²) >= 11 is 0. The van der Waals surface area contributed by atoms with E-state index >= 15 is 0 Å². The lowest BCUT2D eigenvalue weighted by molar-refractivity contribution is -0.152. The van der Waals surface area contributed by atoms with Crippen LogP contribution < -0.4 is 0 Å². The second kappa shape index (κ2) is 10.1. The zero-order valence-electron chi connectivity index (χ0n) is 16.5. The zero-order chi connectivity index (χ0) is 19.7. The normalized spacial score (nSPS) is 15.3. The molecule has 5 heteroatoms. The molecule has 0 saturated carbocycles. The lowest BCUT2D eigenvalue weighted by Gasteiger charge is -2.37. The number of carbonyl (C=O) groups is 2. The second-order valence-electron chi connectivity index (χ2n) is 7.40. The number of carbonyl (C=O) groups excluding carboxylic acids is 2. The van der Waals surface area contributed by atoms with Crippen molar-refractivity contribution in [2.45, 2.75) is 53.4 Å². The highest BCUT2D eigenvalue weighted by atomic mass is 16.5. The fourth-order valence-corrected chi connectivity index (χ4v) is 2.88. The van der Waals surface area contributed by atoms with Gasteiger partial charge in [-0.25, -0.2) is 4.79 Å². The van der Waals surface area contributed by atoms with Gasteiger partial charge >= 0.3 is 11.9 Å². The van der Waals surface area contributed by atoms with Crippen LogP contribution in [0.15, 0.2) is 42.5 Å². The highest BCUT2D eigenvalue weighted by molar-refractivity contribution is 5.81. The highest BCUT2D eigenvalue weighted by Gasteiger charge is 2.35. The van der Waals surface area contributed by atoms with Gasteiger partial charge in [0.25, 0.3) is 0 Å². The van der Waals surface area contributed by atoms with E-state index in [-0.39, 0.29) is 17.4 Å². The third kappa shape index (κ3) is 7.40. The molecule has 26 heavy (non-hydrogen) atoms. The molecule has 1 aromatic carbocycles. The Kier molecular flexibility index (Phi) is 8.52. The number of benzene rings is 1. The van der Waals surface area contributed by atoms with Gasteiger partial charge in [0.15, 0.2) is 0 Å². The molecule has 5 nitrogen and oxygen atoms in total. The summed E-state index contributed by atoms with van der Waals surface area (Å²) in [5, 5.41) is 0. The molecule has 0 saturated heterocycles. The Hall–Kier alpha value is -2.14. The quantitative estimate of drug-likeness (QED) is 0.518. The van der Waals surface area contributed by atoms with Crippen molar-refractivity contribution >= 4 is 11.9 Å². The maximum absolute atomic E-state index is 11.5. The van der Waals surface area contributed by atoms with Crippen LogP contribution in [0.1, 0.15) is 40.2 Å². The van der Waals surface area contributed by atoms with Gasteiger partial charge in [-0.15, -0.1) is 0 Å². The summed E-state index contributed by atoms with van der Waals surface area (Å²) in [6, 6.07) is 9.90. The molecule has 0 aliphatic heterocycles. The minimum Gasteiger partial charge on any atom is -0.466 e. The van der Waals surface area contributed by atoms with E-state index in [1.54, 1.807) is 6.08 Å². The minimum atomic E-state index is -0.591. The largest absolute Gasteiger partial charge is 0.466 e. The SMILES string of the molecule is COC(=O)/C=C/[C@H](OC(C)=O)[C@H](C)[C@@H](OCc1ccccc1)C(C)(C)C. The number of hydrogen-bond donors (Lipinski definition) is 0. The van der Waals surface area contributed by atoms with Gasteiger partial charge in [0.1, 0.15) is 6.10 Å². The Morgan fingerprint density at radius 3 is 2.27 bits per heavy atom. The summed E-state index contributed by atoms with van der Waals surface area (Å²) in [6.45, 7) is 10.00. The molecular formula is C21H30O5. The van der Waals surface area contributed by atoms with Gasteiger partial charge in [-0.2, -0.15) is 0 Å². The van der Waals surface area contributed by atoms with E-state index in [1.807, 2.05) is 37.3 Å². The van der Waals surface area contributed by atoms with Crippen molar-refractivity contribution < 1.29 is 23.8 Å². The molecule has 0 heterocycles. The Bertz CT molecular complexity index is 601. The molecule has 3 atom stereocenters. The first-order chi connectivity index (χ1) is 12.1. The smallest absolute Gasteiger partial charge is 0.330 e. The number of esters is 2. The van der Waals surface area contributed by atoms with Gasteiger partial charge in [0, 0.05) is 18.9 Å². The van der Waals surface area contributed by atoms with Crippen LogP contribution in [0.25, 0.3) is 0 Å². The summed E-state index contributed by atoms with van der Waals surface area (Å²) in [5.41, 5.74) is 0.884. The molecule has 0 radical (unpaired) electrons. The van der Waals surface area contributed by atoms with E-state index in [1.165, 1.54) is 20.1 Å². The molecule has 0 bridgehead atoms. The van der Waals surface area contributed by atoms with E-state index in [0.717, 1.165) is 5.56 Å². The first-order valence-corrected chi connectivity index (χ1v) is 8.74. The van der Waals surface area contributed by atoms with Crippen molar-refractivity contribution in [2.24, 2.45) is 11.3 Å². The number of methoxy groups -OCH3 is 1. The summed E-state index contributed by atoms with van der Waals surface area (Å²) in [5.74, 6) is -1.07. The van der Waals surface area contributed by atoms with E-state index in [0.29, 0.717) is 6.61 Å². The maximum Gasteiger partial charge on any atom is 0.330 e. The van der Waals surface area contributed by atoms with Gasteiger partial charge in [0.2, 0.25) is 0 Å². The van der Waals surface area contributed by atoms with Crippen LogP contribution in [0.2, 0.25) is 0 Å². The van der Waals surface area contributed by atoms with Gasteiger partial charge in [-0.05, 0) is 17.1 Å². The molecule has 1 aromatic rings. The molecule has 0 unspecified atom stereocenters. The second-order valence-corrected chi connectivity index (χ2v) is 7.40. The Morgan fingerprint density at radius 1 is 1.15 bits per heavy atom. The van der Waals surface area contributed by atoms with Crippen molar-refractivity contribution in [3.8, 4) is 0 Å². The standard InChI is InChI=1S/C21H30O5/c1-15(18(26-16(2)22)12-13-19(23)24-6)20(21(3,4)5)25-14-17-10-8-7-9-11-17/h7-13,15,18,20H,14H2,1-6H3/b13-12+/t15-,18-,20+/m0/s1. The van der Waals surface area contributed by atoms with Crippen LogP contribution in [0, 0.1) is 11.3 Å². The Labute approximate surface area is 156 Å². The van der Waals surface area contributed by atoms with Crippen molar-refractivity contribution in [3.05, 3.63) is 48.0 Å². The third-order valence-corrected chi connectivity index (χ3v) is 4.05. The number of ether oxygens (including phenoxy) is 3. The van der Waals surface area contributed by atoms with Crippen LogP contribution in [-0.4, -0.2) is 31.3 Å². The molecule has 0 fully saturated rings. The van der Waals surface area contributed by atoms with E-state index < -0.39 is 18.0 Å². The summed E-state index contributed by atoms with van der Waals surface area (Å²) in [4.78, 5) is 22.9. The maximum atomic E-state index is 11.5. The van der Waals surface area contributed by atoms with Crippen molar-refractivity contribution in [1.29, 1.82) is 0 Å². The van der Waals surface area contributed by atoms with Crippen LogP contribution in [0.5, 0.6) is 0 Å². The van der Waals surface area contributed by atoms with Gasteiger partial charge < -0.3 is 14.2 Å². The van der Waals surface area contributed by atoms with Crippen molar-refractivity contribution in [2.75, 3.05) is 7.11 Å². The zero-order valence-corrected chi connectivity index (χ0v) is 16.5. The first kappa shape index (κ1) is 21.9. The first-order valence-electron chi connectivity index (χ1n) is 8.74. The summed E-state index contributed by atoms with van der Waals surface area (Å²) in [6.07, 6.45) is 2.05. The summed E-state index contributed by atoms with van der Waals surface area (Å²) < 4.78 is 16.3. The molecule has 0 aliphatic carbocycles. The average molecular weight is 362 g/mol. The fraction of sp³-hybridized carbons (Fsp3) is 0.524.